The van der Waals surface area contributed by atoms with Gasteiger partial charge in [-0.15, -0.1) is 0 Å². The minimum absolute atomic E-state index is 0.0936. The van der Waals surface area contributed by atoms with E-state index >= 15 is 0 Å². The summed E-state index contributed by atoms with van der Waals surface area (Å²) in [6, 6.07) is 12.0. The molecule has 0 bridgehead atoms. The number of imidazole rings is 1. The van der Waals surface area contributed by atoms with Gasteiger partial charge >= 0.3 is 5.82 Å². The molecule has 0 amide bonds. The van der Waals surface area contributed by atoms with E-state index < -0.39 is 11.0 Å². The highest BCUT2D eigenvalue weighted by Gasteiger charge is 2.22. The van der Waals surface area contributed by atoms with E-state index in [4.69, 9.17) is 0 Å². The average molecular weight is 508 g/mol. The van der Waals surface area contributed by atoms with Crippen LogP contribution < -0.4 is 0 Å². The summed E-state index contributed by atoms with van der Waals surface area (Å²) < 4.78 is 5.44. The Labute approximate surface area is 177 Å². The SMILES string of the molecule is Cc1ncc([N+](=O)[O-])n1CC(O)Cn1c2ccc(Br)cc2c2cc(Br)ccc21. The van der Waals surface area contributed by atoms with Gasteiger partial charge in [0.25, 0.3) is 0 Å². The molecule has 1 atom stereocenters. The minimum atomic E-state index is -0.822. The smallest absolute Gasteiger partial charge is 0.342 e. The quantitative estimate of drug-likeness (QED) is 0.310. The van der Waals surface area contributed by atoms with E-state index in [0.29, 0.717) is 12.4 Å². The van der Waals surface area contributed by atoms with Crippen molar-refractivity contribution in [2.24, 2.45) is 0 Å². The zero-order valence-electron chi connectivity index (χ0n) is 14.8. The second-order valence-corrected chi connectivity index (χ2v) is 8.45. The number of aliphatic hydroxyl groups is 1. The largest absolute Gasteiger partial charge is 0.387 e. The number of aromatic nitrogens is 3. The van der Waals surface area contributed by atoms with Crippen LogP contribution in [0.25, 0.3) is 21.8 Å². The standard InChI is InChI=1S/C19H16Br2N4O3/c1-11-22-8-19(25(27)28)23(11)9-14(26)10-24-17-4-2-12(20)6-15(17)16-7-13(21)3-5-18(16)24/h2-8,14,26H,9-10H2,1H3. The van der Waals surface area contributed by atoms with Crippen LogP contribution in [0.15, 0.2) is 51.5 Å². The molecule has 0 aliphatic carbocycles. The number of benzene rings is 2. The highest BCUT2D eigenvalue weighted by Crippen LogP contribution is 2.33. The van der Waals surface area contributed by atoms with Gasteiger partial charge in [-0.05, 0) is 41.3 Å². The zero-order valence-corrected chi connectivity index (χ0v) is 18.0. The van der Waals surface area contributed by atoms with Crippen molar-refractivity contribution in [1.29, 1.82) is 0 Å². The summed E-state index contributed by atoms with van der Waals surface area (Å²) in [5.74, 6) is 0.382. The molecule has 4 rings (SSSR count). The monoisotopic (exact) mass is 506 g/mol. The van der Waals surface area contributed by atoms with Crippen LogP contribution in [0.1, 0.15) is 5.82 Å². The van der Waals surface area contributed by atoms with Gasteiger partial charge in [-0.1, -0.05) is 31.9 Å². The van der Waals surface area contributed by atoms with E-state index in [9.17, 15) is 15.2 Å². The van der Waals surface area contributed by atoms with Crippen molar-refractivity contribution in [1.82, 2.24) is 14.1 Å². The molecule has 1 unspecified atom stereocenters. The first-order valence-corrected chi connectivity index (χ1v) is 10.2. The van der Waals surface area contributed by atoms with Gasteiger partial charge < -0.3 is 19.8 Å². The highest BCUT2D eigenvalue weighted by molar-refractivity contribution is 9.10. The molecule has 0 aliphatic heterocycles. The molecular weight excluding hydrogens is 492 g/mol. The fourth-order valence-corrected chi connectivity index (χ4v) is 4.27. The summed E-state index contributed by atoms with van der Waals surface area (Å²) >= 11 is 7.04. The number of nitro groups is 1. The van der Waals surface area contributed by atoms with E-state index in [1.54, 1.807) is 6.92 Å². The van der Waals surface area contributed by atoms with Crippen LogP contribution in [0.4, 0.5) is 5.82 Å². The van der Waals surface area contributed by atoms with Crippen molar-refractivity contribution in [2.75, 3.05) is 0 Å². The first-order chi connectivity index (χ1) is 13.3. The van der Waals surface area contributed by atoms with E-state index in [0.717, 1.165) is 30.8 Å². The van der Waals surface area contributed by atoms with Gasteiger partial charge in [0, 0.05) is 37.7 Å². The van der Waals surface area contributed by atoms with Crippen molar-refractivity contribution < 1.29 is 10.0 Å². The summed E-state index contributed by atoms with van der Waals surface area (Å²) in [4.78, 5) is 14.7. The molecule has 1 N–H and O–H groups in total. The Hall–Kier alpha value is -2.23. The van der Waals surface area contributed by atoms with E-state index in [2.05, 4.69) is 49.0 Å². The molecule has 2 aromatic heterocycles. The first kappa shape index (κ1) is 19.1. The van der Waals surface area contributed by atoms with Crippen molar-refractivity contribution in [3.8, 4) is 0 Å². The molecule has 2 aromatic carbocycles. The van der Waals surface area contributed by atoms with Crippen LogP contribution in [0, 0.1) is 17.0 Å². The lowest BCUT2D eigenvalue weighted by Gasteiger charge is -2.14. The minimum Gasteiger partial charge on any atom is -0.387 e. The second-order valence-electron chi connectivity index (χ2n) is 6.62. The van der Waals surface area contributed by atoms with Crippen LogP contribution in [0.3, 0.4) is 0 Å². The number of hydrogen-bond donors (Lipinski definition) is 1. The van der Waals surface area contributed by atoms with Crippen LogP contribution >= 0.6 is 31.9 Å². The molecule has 144 valence electrons. The lowest BCUT2D eigenvalue weighted by atomic mass is 10.2. The molecule has 0 aliphatic rings. The fraction of sp³-hybridized carbons (Fsp3) is 0.211. The van der Waals surface area contributed by atoms with E-state index in [-0.39, 0.29) is 12.4 Å². The van der Waals surface area contributed by atoms with E-state index in [1.165, 1.54) is 10.8 Å². The van der Waals surface area contributed by atoms with Crippen molar-refractivity contribution >= 4 is 59.5 Å². The lowest BCUT2D eigenvalue weighted by Crippen LogP contribution is -2.23. The average Bonchev–Trinajstić information content (AvgIpc) is 3.14. The van der Waals surface area contributed by atoms with Crippen molar-refractivity contribution in [2.45, 2.75) is 26.1 Å². The maximum absolute atomic E-state index is 11.2. The van der Waals surface area contributed by atoms with Gasteiger partial charge in [-0.3, -0.25) is 0 Å². The molecule has 28 heavy (non-hydrogen) atoms. The van der Waals surface area contributed by atoms with Crippen molar-refractivity contribution in [3.05, 3.63) is 67.5 Å². The van der Waals surface area contributed by atoms with Gasteiger partial charge in [0.15, 0.2) is 5.82 Å². The van der Waals surface area contributed by atoms with Crippen LogP contribution in [-0.4, -0.2) is 30.3 Å². The summed E-state index contributed by atoms with van der Waals surface area (Å²) in [5, 5.41) is 24.1. The third kappa shape index (κ3) is 3.34. The van der Waals surface area contributed by atoms with E-state index in [1.807, 2.05) is 28.8 Å². The Morgan fingerprint density at radius 3 is 2.14 bits per heavy atom. The number of aliphatic hydroxyl groups excluding tert-OH is 1. The molecule has 2 heterocycles. The maximum Gasteiger partial charge on any atom is 0.342 e. The Kier molecular flexibility index (Phi) is 4.98. The number of fused-ring (bicyclic) bond motifs is 3. The molecule has 4 aromatic rings. The Morgan fingerprint density at radius 1 is 1.07 bits per heavy atom. The van der Waals surface area contributed by atoms with Gasteiger partial charge in [0.2, 0.25) is 0 Å². The molecule has 7 nitrogen and oxygen atoms in total. The molecule has 0 saturated carbocycles. The zero-order chi connectivity index (χ0) is 20.0. The molecule has 0 saturated heterocycles. The number of halogens is 2. The first-order valence-electron chi connectivity index (χ1n) is 8.56. The Morgan fingerprint density at radius 2 is 1.61 bits per heavy atom. The topological polar surface area (TPSA) is 86.1 Å². The van der Waals surface area contributed by atoms with Crippen LogP contribution in [-0.2, 0) is 13.1 Å². The summed E-state index contributed by atoms with van der Waals surface area (Å²) in [7, 11) is 0. The third-order valence-electron chi connectivity index (χ3n) is 4.80. The number of aryl methyl sites for hydroxylation is 1. The summed E-state index contributed by atoms with van der Waals surface area (Å²) in [6.45, 7) is 2.09. The summed E-state index contributed by atoms with van der Waals surface area (Å²) in [6.07, 6.45) is 0.398. The Bertz CT molecular complexity index is 1160. The highest BCUT2D eigenvalue weighted by atomic mass is 79.9. The molecular formula is C19H16Br2N4O3. The molecule has 9 heteroatoms. The predicted molar refractivity (Wildman–Crippen MR) is 114 cm³/mol. The van der Waals surface area contributed by atoms with Crippen molar-refractivity contribution in [3.63, 3.8) is 0 Å². The third-order valence-corrected chi connectivity index (χ3v) is 5.78. The normalized spacial score (nSPS) is 12.7. The predicted octanol–water partition coefficient (Wildman–Crippen LogP) is 4.79. The lowest BCUT2D eigenvalue weighted by molar-refractivity contribution is -0.392. The van der Waals surface area contributed by atoms with Crippen LogP contribution in [0.5, 0.6) is 0 Å². The maximum atomic E-state index is 11.2. The fourth-order valence-electron chi connectivity index (χ4n) is 3.55. The second kappa shape index (κ2) is 7.31. The van der Waals surface area contributed by atoms with Crippen LogP contribution in [0.2, 0.25) is 0 Å². The number of rotatable bonds is 5. The number of hydrogen-bond acceptors (Lipinski definition) is 4. The van der Waals surface area contributed by atoms with Gasteiger partial charge in [-0.2, -0.15) is 0 Å². The molecule has 0 radical (unpaired) electrons. The van der Waals surface area contributed by atoms with Gasteiger partial charge in [0.1, 0.15) is 18.8 Å². The Balaban J connectivity index is 1.75. The molecule has 0 fully saturated rings. The number of nitrogens with zero attached hydrogens (tertiary/aromatic N) is 4. The van der Waals surface area contributed by atoms with Gasteiger partial charge in [-0.25, -0.2) is 9.55 Å². The summed E-state index contributed by atoms with van der Waals surface area (Å²) in [5.41, 5.74) is 1.99. The van der Waals surface area contributed by atoms with Gasteiger partial charge in [0.05, 0.1) is 6.54 Å². The molecule has 0 spiro atoms.